The van der Waals surface area contributed by atoms with E-state index in [4.69, 9.17) is 4.74 Å². The molecule has 0 spiro atoms. The van der Waals surface area contributed by atoms with Crippen molar-refractivity contribution in [2.24, 2.45) is 10.9 Å². The number of rotatable bonds is 5. The largest absolute Gasteiger partial charge is 0.379 e. The summed E-state index contributed by atoms with van der Waals surface area (Å²) < 4.78 is 5.47. The Balaban J connectivity index is 1.84. The molecule has 2 saturated heterocycles. The molecule has 0 amide bonds. The second-order valence-corrected chi connectivity index (χ2v) is 8.11. The van der Waals surface area contributed by atoms with Crippen LogP contribution in [0, 0.1) is 5.92 Å². The van der Waals surface area contributed by atoms with Crippen LogP contribution >= 0.6 is 0 Å². The monoisotopic (exact) mass is 339 g/mol. The molecule has 6 nitrogen and oxygen atoms in total. The van der Waals surface area contributed by atoms with Crippen LogP contribution in [0.1, 0.15) is 34.6 Å². The van der Waals surface area contributed by atoms with Crippen molar-refractivity contribution < 1.29 is 4.74 Å². The van der Waals surface area contributed by atoms with Crippen molar-refractivity contribution >= 4 is 5.96 Å². The number of aliphatic imine (C=N–C) groups is 1. The second kappa shape index (κ2) is 8.50. The van der Waals surface area contributed by atoms with E-state index in [0.29, 0.717) is 18.0 Å². The molecule has 2 unspecified atom stereocenters. The van der Waals surface area contributed by atoms with Gasteiger partial charge in [0.05, 0.1) is 13.2 Å². The Morgan fingerprint density at radius 3 is 2.46 bits per heavy atom. The molecule has 2 rings (SSSR count). The van der Waals surface area contributed by atoms with Crippen LogP contribution in [0.25, 0.3) is 0 Å². The van der Waals surface area contributed by atoms with E-state index in [1.165, 1.54) is 0 Å². The Hall–Kier alpha value is -0.850. The number of likely N-dealkylation sites (tertiary alicyclic amines) is 1. The van der Waals surface area contributed by atoms with Gasteiger partial charge < -0.3 is 15.4 Å². The van der Waals surface area contributed by atoms with Crippen molar-refractivity contribution in [3.63, 3.8) is 0 Å². The highest BCUT2D eigenvalue weighted by molar-refractivity contribution is 5.80. The van der Waals surface area contributed by atoms with Crippen LogP contribution in [0.2, 0.25) is 0 Å². The summed E-state index contributed by atoms with van der Waals surface area (Å²) in [6.45, 7) is 18.2. The lowest BCUT2D eigenvalue weighted by molar-refractivity contribution is -0.00835. The minimum Gasteiger partial charge on any atom is -0.379 e. The summed E-state index contributed by atoms with van der Waals surface area (Å²) in [5.74, 6) is 1.55. The summed E-state index contributed by atoms with van der Waals surface area (Å²) in [5.41, 5.74) is 0.0899. The van der Waals surface area contributed by atoms with Crippen molar-refractivity contribution in [3.05, 3.63) is 0 Å². The Morgan fingerprint density at radius 1 is 1.25 bits per heavy atom. The third-order valence-electron chi connectivity index (χ3n) is 5.47. The van der Waals surface area contributed by atoms with Crippen LogP contribution in [-0.4, -0.2) is 86.4 Å². The summed E-state index contributed by atoms with van der Waals surface area (Å²) in [5, 5.41) is 7.17. The van der Waals surface area contributed by atoms with Gasteiger partial charge in [0, 0.05) is 57.4 Å². The van der Waals surface area contributed by atoms with Gasteiger partial charge in [-0.2, -0.15) is 0 Å². The van der Waals surface area contributed by atoms with Gasteiger partial charge in [0.2, 0.25) is 0 Å². The first-order chi connectivity index (χ1) is 11.3. The summed E-state index contributed by atoms with van der Waals surface area (Å²) in [4.78, 5) is 9.47. The topological polar surface area (TPSA) is 52.1 Å². The third kappa shape index (κ3) is 5.07. The lowest BCUT2D eigenvalue weighted by Crippen LogP contribution is -2.57. The summed E-state index contributed by atoms with van der Waals surface area (Å²) >= 11 is 0. The number of nitrogens with zero attached hydrogens (tertiary/aromatic N) is 3. The molecular formula is C18H37N5O. The van der Waals surface area contributed by atoms with E-state index in [2.05, 4.69) is 60.0 Å². The van der Waals surface area contributed by atoms with E-state index in [0.717, 1.165) is 51.9 Å². The van der Waals surface area contributed by atoms with Crippen molar-refractivity contribution in [3.8, 4) is 0 Å². The van der Waals surface area contributed by atoms with Gasteiger partial charge in [-0.05, 0) is 33.6 Å². The molecule has 2 heterocycles. The molecule has 2 aliphatic rings. The molecular weight excluding hydrogens is 302 g/mol. The fourth-order valence-corrected chi connectivity index (χ4v) is 3.56. The molecule has 0 radical (unpaired) electrons. The molecule has 2 fully saturated rings. The number of ether oxygens (including phenoxy) is 1. The lowest BCUT2D eigenvalue weighted by Gasteiger charge is -2.41. The summed E-state index contributed by atoms with van der Waals surface area (Å²) in [7, 11) is 1.86. The van der Waals surface area contributed by atoms with Gasteiger partial charge in [-0.15, -0.1) is 0 Å². The van der Waals surface area contributed by atoms with Crippen LogP contribution in [-0.2, 0) is 4.74 Å². The SMILES string of the molecule is CN=C(NCC(C)(C)N1CCOCC1)NC1CN(C(C)C)CC1C. The predicted molar refractivity (Wildman–Crippen MR) is 101 cm³/mol. The maximum absolute atomic E-state index is 5.47. The van der Waals surface area contributed by atoms with Crippen LogP contribution < -0.4 is 10.6 Å². The smallest absolute Gasteiger partial charge is 0.191 e. The molecule has 0 aromatic heterocycles. The molecule has 0 aromatic carbocycles. The Bertz CT molecular complexity index is 418. The molecule has 0 aliphatic carbocycles. The Kier molecular flexibility index (Phi) is 6.89. The standard InChI is InChI=1S/C18H37N5O/c1-14(2)22-11-15(3)16(12-22)21-17(19-6)20-13-18(4,5)23-7-9-24-10-8-23/h14-16H,7-13H2,1-6H3,(H2,19,20,21). The van der Waals surface area contributed by atoms with Gasteiger partial charge in [-0.3, -0.25) is 14.8 Å². The summed E-state index contributed by atoms with van der Waals surface area (Å²) in [6, 6.07) is 1.07. The maximum atomic E-state index is 5.47. The lowest BCUT2D eigenvalue weighted by atomic mass is 10.0. The fraction of sp³-hybridized carbons (Fsp3) is 0.944. The van der Waals surface area contributed by atoms with Crippen molar-refractivity contribution in [2.75, 3.05) is 53.0 Å². The molecule has 0 aromatic rings. The minimum absolute atomic E-state index is 0.0899. The highest BCUT2D eigenvalue weighted by atomic mass is 16.5. The molecule has 2 atom stereocenters. The van der Waals surface area contributed by atoms with Gasteiger partial charge >= 0.3 is 0 Å². The van der Waals surface area contributed by atoms with E-state index in [1.54, 1.807) is 0 Å². The van der Waals surface area contributed by atoms with Crippen LogP contribution in [0.4, 0.5) is 0 Å². The van der Waals surface area contributed by atoms with Gasteiger partial charge in [0.1, 0.15) is 0 Å². The van der Waals surface area contributed by atoms with Crippen molar-refractivity contribution in [1.82, 2.24) is 20.4 Å². The van der Waals surface area contributed by atoms with Crippen LogP contribution in [0.5, 0.6) is 0 Å². The Morgan fingerprint density at radius 2 is 1.92 bits per heavy atom. The van der Waals surface area contributed by atoms with E-state index < -0.39 is 0 Å². The number of hydrogen-bond donors (Lipinski definition) is 2. The van der Waals surface area contributed by atoms with Gasteiger partial charge in [-0.1, -0.05) is 6.92 Å². The minimum atomic E-state index is 0.0899. The molecule has 0 saturated carbocycles. The molecule has 24 heavy (non-hydrogen) atoms. The van der Waals surface area contributed by atoms with E-state index in [1.807, 2.05) is 7.05 Å². The molecule has 0 bridgehead atoms. The van der Waals surface area contributed by atoms with E-state index >= 15 is 0 Å². The molecule has 140 valence electrons. The molecule has 2 aliphatic heterocycles. The first kappa shape index (κ1) is 19.5. The highest BCUT2D eigenvalue weighted by Gasteiger charge is 2.32. The number of morpholine rings is 1. The predicted octanol–water partition coefficient (Wildman–Crippen LogP) is 0.991. The van der Waals surface area contributed by atoms with Gasteiger partial charge in [-0.25, -0.2) is 0 Å². The fourth-order valence-electron chi connectivity index (χ4n) is 3.56. The average Bonchev–Trinajstić information content (AvgIpc) is 2.93. The van der Waals surface area contributed by atoms with Crippen LogP contribution in [0.15, 0.2) is 4.99 Å². The van der Waals surface area contributed by atoms with Crippen LogP contribution in [0.3, 0.4) is 0 Å². The quantitative estimate of drug-likeness (QED) is 0.578. The number of guanidine groups is 1. The zero-order valence-corrected chi connectivity index (χ0v) is 16.4. The molecule has 6 heteroatoms. The first-order valence-electron chi connectivity index (χ1n) is 9.37. The number of hydrogen-bond acceptors (Lipinski definition) is 4. The van der Waals surface area contributed by atoms with E-state index in [9.17, 15) is 0 Å². The van der Waals surface area contributed by atoms with Crippen molar-refractivity contribution in [2.45, 2.75) is 52.2 Å². The number of nitrogens with one attached hydrogen (secondary N) is 2. The molecule has 2 N–H and O–H groups in total. The average molecular weight is 340 g/mol. The van der Waals surface area contributed by atoms with Gasteiger partial charge in [0.25, 0.3) is 0 Å². The van der Waals surface area contributed by atoms with E-state index in [-0.39, 0.29) is 5.54 Å². The van der Waals surface area contributed by atoms with Crippen molar-refractivity contribution in [1.29, 1.82) is 0 Å². The third-order valence-corrected chi connectivity index (χ3v) is 5.47. The highest BCUT2D eigenvalue weighted by Crippen LogP contribution is 2.19. The summed E-state index contributed by atoms with van der Waals surface area (Å²) in [6.07, 6.45) is 0. The Labute approximate surface area is 148 Å². The zero-order chi connectivity index (χ0) is 17.7. The normalized spacial score (nSPS) is 27.7. The maximum Gasteiger partial charge on any atom is 0.191 e. The zero-order valence-electron chi connectivity index (χ0n) is 16.4. The first-order valence-corrected chi connectivity index (χ1v) is 9.37. The second-order valence-electron chi connectivity index (χ2n) is 8.11. The van der Waals surface area contributed by atoms with Gasteiger partial charge in [0.15, 0.2) is 5.96 Å².